The van der Waals surface area contributed by atoms with Crippen molar-refractivity contribution in [2.24, 2.45) is 5.73 Å². The number of nitrogens with zero attached hydrogens (tertiary/aromatic N) is 2. The lowest BCUT2D eigenvalue weighted by Gasteiger charge is -2.34. The molecule has 0 radical (unpaired) electrons. The number of anilines is 1. The minimum Gasteiger partial charge on any atom is -0.497 e. The van der Waals surface area contributed by atoms with Crippen LogP contribution in [-0.4, -0.2) is 22.1 Å². The second kappa shape index (κ2) is 6.39. The van der Waals surface area contributed by atoms with Crippen LogP contribution >= 0.6 is 0 Å². The zero-order chi connectivity index (χ0) is 18.2. The Morgan fingerprint density at radius 3 is 2.76 bits per heavy atom. The lowest BCUT2D eigenvalue weighted by molar-refractivity contribution is 0.413. The van der Waals surface area contributed by atoms with Crippen LogP contribution in [0.25, 0.3) is 0 Å². The number of ether oxygens (including phenoxy) is 1. The Labute approximate surface area is 147 Å². The zero-order valence-electron chi connectivity index (χ0n) is 14.1. The highest BCUT2D eigenvalue weighted by Crippen LogP contribution is 2.38. The lowest BCUT2D eigenvalue weighted by atomic mass is 9.98. The first-order valence-electron chi connectivity index (χ1n) is 7.86. The molecular formula is C18H19N3O3S. The van der Waals surface area contributed by atoms with Gasteiger partial charge in [0.1, 0.15) is 16.7 Å². The number of rotatable bonds is 3. The van der Waals surface area contributed by atoms with E-state index in [1.807, 2.05) is 6.07 Å². The highest BCUT2D eigenvalue weighted by molar-refractivity contribution is 7.93. The average molecular weight is 357 g/mol. The van der Waals surface area contributed by atoms with E-state index in [1.165, 1.54) is 10.4 Å². The normalized spacial score (nSPS) is 16.9. The van der Waals surface area contributed by atoms with E-state index in [9.17, 15) is 13.7 Å². The molecule has 0 saturated heterocycles. The molecule has 0 aliphatic carbocycles. The maximum atomic E-state index is 13.2. The van der Waals surface area contributed by atoms with Crippen molar-refractivity contribution in [3.05, 3.63) is 53.1 Å². The van der Waals surface area contributed by atoms with E-state index in [1.54, 1.807) is 44.4 Å². The Balaban J connectivity index is 2.17. The van der Waals surface area contributed by atoms with E-state index in [-0.39, 0.29) is 23.0 Å². The van der Waals surface area contributed by atoms with Crippen LogP contribution in [0.4, 0.5) is 5.69 Å². The summed E-state index contributed by atoms with van der Waals surface area (Å²) in [7, 11) is -2.32. The molecule has 0 spiro atoms. The molecule has 1 aliphatic rings. The summed E-state index contributed by atoms with van der Waals surface area (Å²) in [5, 5.41) is 9.40. The van der Waals surface area contributed by atoms with Crippen molar-refractivity contribution >= 4 is 15.7 Å². The van der Waals surface area contributed by atoms with E-state index < -0.39 is 10.0 Å². The molecule has 0 saturated carbocycles. The van der Waals surface area contributed by atoms with Crippen LogP contribution in [0.5, 0.6) is 5.75 Å². The summed E-state index contributed by atoms with van der Waals surface area (Å²) in [6.45, 7) is 1.99. The molecule has 0 bridgehead atoms. The number of nitriles is 1. The van der Waals surface area contributed by atoms with Gasteiger partial charge in [0, 0.05) is 12.6 Å². The molecule has 7 heteroatoms. The Kier molecular flexibility index (Phi) is 4.41. The Morgan fingerprint density at radius 1 is 1.32 bits per heavy atom. The van der Waals surface area contributed by atoms with E-state index in [4.69, 9.17) is 10.5 Å². The van der Waals surface area contributed by atoms with Crippen LogP contribution in [-0.2, 0) is 10.0 Å². The summed E-state index contributed by atoms with van der Waals surface area (Å²) in [5.74, 6) is 0.627. The number of hydrogen-bond donors (Lipinski definition) is 1. The molecule has 0 aromatic heterocycles. The SMILES string of the molecule is COc1ccc2c(c1)C(N)CCN2S(=O)(=O)c1cccc(C)c1C#N. The number of sulfonamides is 1. The minimum absolute atomic E-state index is 0.0206. The van der Waals surface area contributed by atoms with E-state index in [0.717, 1.165) is 5.56 Å². The third-order valence-electron chi connectivity index (χ3n) is 4.46. The number of nitrogens with two attached hydrogens (primary N) is 1. The third kappa shape index (κ3) is 2.84. The van der Waals surface area contributed by atoms with Crippen LogP contribution in [0.3, 0.4) is 0 Å². The molecule has 3 rings (SSSR count). The van der Waals surface area contributed by atoms with Gasteiger partial charge in [-0.25, -0.2) is 8.42 Å². The monoisotopic (exact) mass is 357 g/mol. The molecule has 0 amide bonds. The van der Waals surface area contributed by atoms with Crippen molar-refractivity contribution in [2.45, 2.75) is 24.3 Å². The molecule has 0 fully saturated rings. The number of methoxy groups -OCH3 is 1. The molecule has 130 valence electrons. The third-order valence-corrected chi connectivity index (χ3v) is 6.32. The van der Waals surface area contributed by atoms with Gasteiger partial charge in [0.15, 0.2) is 0 Å². The number of aryl methyl sites for hydroxylation is 1. The van der Waals surface area contributed by atoms with E-state index in [2.05, 4.69) is 0 Å². The smallest absolute Gasteiger partial charge is 0.265 e. The fourth-order valence-electron chi connectivity index (χ4n) is 3.08. The predicted molar refractivity (Wildman–Crippen MR) is 95.0 cm³/mol. The predicted octanol–water partition coefficient (Wildman–Crippen LogP) is 2.47. The Bertz CT molecular complexity index is 964. The van der Waals surface area contributed by atoms with Gasteiger partial charge in [0.25, 0.3) is 10.0 Å². The van der Waals surface area contributed by atoms with Crippen molar-refractivity contribution in [1.82, 2.24) is 0 Å². The van der Waals surface area contributed by atoms with Crippen molar-refractivity contribution in [1.29, 1.82) is 5.26 Å². The van der Waals surface area contributed by atoms with Crippen molar-refractivity contribution in [3.8, 4) is 11.8 Å². The summed E-state index contributed by atoms with van der Waals surface area (Å²) < 4.78 is 33.0. The quantitative estimate of drug-likeness (QED) is 0.910. The van der Waals surface area contributed by atoms with Gasteiger partial charge >= 0.3 is 0 Å². The van der Waals surface area contributed by atoms with Gasteiger partial charge in [0.2, 0.25) is 0 Å². The fraction of sp³-hybridized carbons (Fsp3) is 0.278. The van der Waals surface area contributed by atoms with E-state index in [0.29, 0.717) is 23.4 Å². The van der Waals surface area contributed by atoms with E-state index >= 15 is 0 Å². The van der Waals surface area contributed by atoms with Gasteiger partial charge in [-0.15, -0.1) is 0 Å². The molecule has 2 aromatic rings. The lowest BCUT2D eigenvalue weighted by Crippen LogP contribution is -2.38. The standard InChI is InChI=1S/C18H19N3O3S/c1-12-4-3-5-18(15(12)11-19)25(22,23)21-9-8-16(20)14-10-13(24-2)6-7-17(14)21/h3-7,10,16H,8-9,20H2,1-2H3. The summed E-state index contributed by atoms with van der Waals surface area (Å²) in [4.78, 5) is 0.0206. The van der Waals surface area contributed by atoms with Gasteiger partial charge in [-0.1, -0.05) is 12.1 Å². The molecule has 6 nitrogen and oxygen atoms in total. The minimum atomic E-state index is -3.87. The zero-order valence-corrected chi connectivity index (χ0v) is 14.9. The topological polar surface area (TPSA) is 96.4 Å². The first-order valence-corrected chi connectivity index (χ1v) is 9.30. The summed E-state index contributed by atoms with van der Waals surface area (Å²) >= 11 is 0. The molecule has 1 unspecified atom stereocenters. The van der Waals surface area contributed by atoms with Crippen LogP contribution in [0.1, 0.15) is 29.2 Å². The molecule has 25 heavy (non-hydrogen) atoms. The second-order valence-corrected chi connectivity index (χ2v) is 7.79. The molecule has 1 aliphatic heterocycles. The van der Waals surface area contributed by atoms with Crippen molar-refractivity contribution in [2.75, 3.05) is 18.0 Å². The number of fused-ring (bicyclic) bond motifs is 1. The Hall–Kier alpha value is -2.56. The highest BCUT2D eigenvalue weighted by Gasteiger charge is 2.33. The van der Waals surface area contributed by atoms with Gasteiger partial charge in [-0.3, -0.25) is 4.31 Å². The molecule has 1 atom stereocenters. The molecule has 2 N–H and O–H groups in total. The summed E-state index contributed by atoms with van der Waals surface area (Å²) in [6, 6.07) is 11.8. The average Bonchev–Trinajstić information content (AvgIpc) is 2.61. The summed E-state index contributed by atoms with van der Waals surface area (Å²) in [6.07, 6.45) is 0.493. The molecule has 1 heterocycles. The number of benzene rings is 2. The maximum absolute atomic E-state index is 13.2. The van der Waals surface area contributed by atoms with Crippen LogP contribution in [0, 0.1) is 18.3 Å². The highest BCUT2D eigenvalue weighted by atomic mass is 32.2. The van der Waals surface area contributed by atoms with Crippen LogP contribution < -0.4 is 14.8 Å². The number of hydrogen-bond acceptors (Lipinski definition) is 5. The van der Waals surface area contributed by atoms with Crippen LogP contribution in [0.2, 0.25) is 0 Å². The first kappa shape index (κ1) is 17.3. The Morgan fingerprint density at radius 2 is 2.08 bits per heavy atom. The largest absolute Gasteiger partial charge is 0.497 e. The summed E-state index contributed by atoms with van der Waals surface area (Å²) in [5.41, 5.74) is 8.23. The fourth-order valence-corrected chi connectivity index (χ4v) is 4.81. The van der Waals surface area contributed by atoms with Gasteiger partial charge in [-0.2, -0.15) is 5.26 Å². The van der Waals surface area contributed by atoms with Crippen molar-refractivity contribution < 1.29 is 13.2 Å². The van der Waals surface area contributed by atoms with Gasteiger partial charge in [-0.05, 0) is 48.7 Å². The van der Waals surface area contributed by atoms with Gasteiger partial charge < -0.3 is 10.5 Å². The maximum Gasteiger partial charge on any atom is 0.265 e. The second-order valence-electron chi connectivity index (χ2n) is 5.96. The van der Waals surface area contributed by atoms with Gasteiger partial charge in [0.05, 0.1) is 18.4 Å². The molecule has 2 aromatic carbocycles. The molecular weight excluding hydrogens is 338 g/mol. The van der Waals surface area contributed by atoms with Crippen molar-refractivity contribution in [3.63, 3.8) is 0 Å². The first-order chi connectivity index (χ1) is 11.9. The van der Waals surface area contributed by atoms with Crippen LogP contribution in [0.15, 0.2) is 41.3 Å².